The highest BCUT2D eigenvalue weighted by Crippen LogP contribution is 2.19. The number of benzene rings is 1. The fourth-order valence-electron chi connectivity index (χ4n) is 1.82. The van der Waals surface area contributed by atoms with Gasteiger partial charge in [0.1, 0.15) is 11.5 Å². The third-order valence-electron chi connectivity index (χ3n) is 3.00. The van der Waals surface area contributed by atoms with Crippen LogP contribution in [0.4, 0.5) is 10.1 Å². The van der Waals surface area contributed by atoms with Crippen molar-refractivity contribution in [3.8, 4) is 0 Å². The summed E-state index contributed by atoms with van der Waals surface area (Å²) in [4.78, 5) is 23.7. The molecule has 116 valence electrons. The normalized spacial score (nSPS) is 10.5. The number of nitrogens with zero attached hydrogens (tertiary/aromatic N) is 2. The van der Waals surface area contributed by atoms with Crippen LogP contribution in [0.1, 0.15) is 30.3 Å². The maximum atomic E-state index is 13.7. The zero-order valence-electron chi connectivity index (χ0n) is 12.0. The van der Waals surface area contributed by atoms with E-state index in [0.29, 0.717) is 6.54 Å². The Balaban J connectivity index is 2.20. The molecule has 7 heteroatoms. The number of unbranched alkanes of at least 4 members (excludes halogenated alkanes) is 1. The molecule has 1 N–H and O–H groups in total. The van der Waals surface area contributed by atoms with Gasteiger partial charge in [-0.15, -0.1) is 0 Å². The Kier molecular flexibility index (Phi) is 5.27. The van der Waals surface area contributed by atoms with Crippen molar-refractivity contribution in [1.82, 2.24) is 9.78 Å². The monoisotopic (exact) mass is 323 g/mol. The molecule has 0 unspecified atom stereocenters. The van der Waals surface area contributed by atoms with E-state index in [0.717, 1.165) is 18.9 Å². The molecule has 0 spiro atoms. The Morgan fingerprint density at radius 3 is 2.82 bits per heavy atom. The van der Waals surface area contributed by atoms with Crippen molar-refractivity contribution in [2.75, 3.05) is 5.32 Å². The highest BCUT2D eigenvalue weighted by Gasteiger charge is 2.12. The van der Waals surface area contributed by atoms with Crippen LogP contribution in [0.25, 0.3) is 0 Å². The van der Waals surface area contributed by atoms with Crippen LogP contribution >= 0.6 is 11.6 Å². The van der Waals surface area contributed by atoms with Gasteiger partial charge in [-0.3, -0.25) is 9.59 Å². The topological polar surface area (TPSA) is 64.0 Å². The lowest BCUT2D eigenvalue weighted by atomic mass is 10.3. The maximum absolute atomic E-state index is 13.7. The number of rotatable bonds is 5. The lowest BCUT2D eigenvalue weighted by Gasteiger charge is -2.08. The van der Waals surface area contributed by atoms with E-state index in [2.05, 4.69) is 10.4 Å². The second kappa shape index (κ2) is 7.17. The molecule has 0 saturated heterocycles. The van der Waals surface area contributed by atoms with E-state index in [1.165, 1.54) is 28.9 Å². The minimum absolute atomic E-state index is 0.00232. The minimum atomic E-state index is -0.639. The van der Waals surface area contributed by atoms with E-state index in [1.54, 1.807) is 0 Å². The number of hydrogen-bond donors (Lipinski definition) is 1. The quantitative estimate of drug-likeness (QED) is 0.919. The first kappa shape index (κ1) is 16.2. The average molecular weight is 324 g/mol. The SMILES string of the molecule is CCCCn1nc(C(=O)Nc2ccc(Cl)cc2F)ccc1=O. The molecule has 0 saturated carbocycles. The molecule has 2 aromatic rings. The Labute approximate surface area is 131 Å². The summed E-state index contributed by atoms with van der Waals surface area (Å²) in [6, 6.07) is 6.52. The van der Waals surface area contributed by atoms with Crippen LogP contribution in [-0.2, 0) is 6.54 Å². The number of carbonyl (C=O) groups excluding carboxylic acids is 1. The Bertz CT molecular complexity index is 746. The molecule has 1 aromatic heterocycles. The van der Waals surface area contributed by atoms with Gasteiger partial charge in [0.25, 0.3) is 11.5 Å². The van der Waals surface area contributed by atoms with Crippen molar-refractivity contribution in [3.63, 3.8) is 0 Å². The van der Waals surface area contributed by atoms with Crippen molar-refractivity contribution in [2.24, 2.45) is 0 Å². The molecule has 0 fully saturated rings. The average Bonchev–Trinajstić information content (AvgIpc) is 2.49. The minimum Gasteiger partial charge on any atom is -0.318 e. The number of aryl methyl sites for hydroxylation is 1. The lowest BCUT2D eigenvalue weighted by Crippen LogP contribution is -2.26. The predicted octanol–water partition coefficient (Wildman–Crippen LogP) is 3.09. The van der Waals surface area contributed by atoms with Crippen LogP contribution in [0.15, 0.2) is 35.1 Å². The van der Waals surface area contributed by atoms with Crippen molar-refractivity contribution in [2.45, 2.75) is 26.3 Å². The van der Waals surface area contributed by atoms with E-state index in [-0.39, 0.29) is 22.0 Å². The van der Waals surface area contributed by atoms with Crippen LogP contribution < -0.4 is 10.9 Å². The summed E-state index contributed by atoms with van der Waals surface area (Å²) >= 11 is 5.65. The zero-order valence-corrected chi connectivity index (χ0v) is 12.7. The molecule has 0 atom stereocenters. The van der Waals surface area contributed by atoms with Crippen molar-refractivity contribution >= 4 is 23.2 Å². The van der Waals surface area contributed by atoms with Gasteiger partial charge in [0, 0.05) is 17.6 Å². The molecule has 5 nitrogen and oxygen atoms in total. The highest BCUT2D eigenvalue weighted by atomic mass is 35.5. The smallest absolute Gasteiger partial charge is 0.276 e. The van der Waals surface area contributed by atoms with Gasteiger partial charge >= 0.3 is 0 Å². The van der Waals surface area contributed by atoms with Gasteiger partial charge in [0.05, 0.1) is 5.69 Å². The standard InChI is InChI=1S/C15H15ClFN3O2/c1-2-3-8-20-14(21)7-6-13(19-20)15(22)18-12-5-4-10(16)9-11(12)17/h4-7,9H,2-3,8H2,1H3,(H,18,22). The van der Waals surface area contributed by atoms with Crippen LogP contribution in [0, 0.1) is 5.82 Å². The van der Waals surface area contributed by atoms with Gasteiger partial charge in [0.2, 0.25) is 0 Å². The van der Waals surface area contributed by atoms with Gasteiger partial charge in [-0.1, -0.05) is 24.9 Å². The first-order valence-corrected chi connectivity index (χ1v) is 7.23. The van der Waals surface area contributed by atoms with Gasteiger partial charge in [0.15, 0.2) is 0 Å². The van der Waals surface area contributed by atoms with Crippen LogP contribution in [0.2, 0.25) is 5.02 Å². The number of anilines is 1. The predicted molar refractivity (Wildman–Crippen MR) is 82.8 cm³/mol. The largest absolute Gasteiger partial charge is 0.318 e. The first-order chi connectivity index (χ1) is 10.5. The molecule has 0 bridgehead atoms. The van der Waals surface area contributed by atoms with Gasteiger partial charge in [-0.2, -0.15) is 5.10 Å². The number of hydrogen-bond acceptors (Lipinski definition) is 3. The van der Waals surface area contributed by atoms with Crippen molar-refractivity contribution < 1.29 is 9.18 Å². The molecule has 0 aliphatic carbocycles. The molecule has 2 rings (SSSR count). The molecular formula is C15H15ClFN3O2. The fraction of sp³-hybridized carbons (Fsp3) is 0.267. The van der Waals surface area contributed by atoms with Crippen LogP contribution in [0.5, 0.6) is 0 Å². The summed E-state index contributed by atoms with van der Waals surface area (Å²) in [6.45, 7) is 2.43. The summed E-state index contributed by atoms with van der Waals surface area (Å²) in [6.07, 6.45) is 1.68. The highest BCUT2D eigenvalue weighted by molar-refractivity contribution is 6.30. The third-order valence-corrected chi connectivity index (χ3v) is 3.24. The van der Waals surface area contributed by atoms with E-state index in [9.17, 15) is 14.0 Å². The van der Waals surface area contributed by atoms with Crippen molar-refractivity contribution in [1.29, 1.82) is 0 Å². The summed E-state index contributed by atoms with van der Waals surface area (Å²) in [5, 5.41) is 6.64. The van der Waals surface area contributed by atoms with Gasteiger partial charge in [-0.05, 0) is 30.7 Å². The number of amides is 1. The zero-order chi connectivity index (χ0) is 16.1. The van der Waals surface area contributed by atoms with E-state index < -0.39 is 11.7 Å². The summed E-state index contributed by atoms with van der Waals surface area (Å²) in [7, 11) is 0. The maximum Gasteiger partial charge on any atom is 0.276 e. The number of halogens is 2. The second-order valence-electron chi connectivity index (χ2n) is 4.71. The molecule has 1 aromatic carbocycles. The summed E-state index contributed by atoms with van der Waals surface area (Å²) in [5.41, 5.74) is -0.227. The number of aromatic nitrogens is 2. The Hall–Kier alpha value is -2.21. The summed E-state index contributed by atoms with van der Waals surface area (Å²) < 4.78 is 14.9. The molecule has 0 radical (unpaired) electrons. The number of nitrogens with one attached hydrogen (secondary N) is 1. The van der Waals surface area contributed by atoms with Crippen LogP contribution in [0.3, 0.4) is 0 Å². The molecule has 22 heavy (non-hydrogen) atoms. The molecule has 0 aliphatic heterocycles. The number of carbonyl (C=O) groups is 1. The second-order valence-corrected chi connectivity index (χ2v) is 5.15. The van der Waals surface area contributed by atoms with E-state index in [1.807, 2.05) is 6.92 Å². The lowest BCUT2D eigenvalue weighted by molar-refractivity contribution is 0.101. The van der Waals surface area contributed by atoms with Gasteiger partial charge in [-0.25, -0.2) is 9.07 Å². The molecule has 0 aliphatic rings. The Morgan fingerprint density at radius 1 is 1.36 bits per heavy atom. The Morgan fingerprint density at radius 2 is 2.14 bits per heavy atom. The first-order valence-electron chi connectivity index (χ1n) is 6.86. The molecular weight excluding hydrogens is 309 g/mol. The van der Waals surface area contributed by atoms with Crippen molar-refractivity contribution in [3.05, 3.63) is 57.2 Å². The van der Waals surface area contributed by atoms with E-state index >= 15 is 0 Å². The van der Waals surface area contributed by atoms with E-state index in [4.69, 9.17) is 11.6 Å². The summed E-state index contributed by atoms with van der Waals surface area (Å²) in [5.74, 6) is -1.23. The van der Waals surface area contributed by atoms with Gasteiger partial charge < -0.3 is 5.32 Å². The molecule has 1 amide bonds. The molecule has 1 heterocycles. The third kappa shape index (κ3) is 3.92. The van der Waals surface area contributed by atoms with Crippen LogP contribution in [-0.4, -0.2) is 15.7 Å². The fourth-order valence-corrected chi connectivity index (χ4v) is 1.97.